The highest BCUT2D eigenvalue weighted by atomic mass is 16.2. The topological polar surface area (TPSA) is 49.4 Å². The van der Waals surface area contributed by atoms with Crippen LogP contribution in [0.2, 0.25) is 0 Å². The number of benzene rings is 1. The third-order valence-electron chi connectivity index (χ3n) is 3.10. The fourth-order valence-electron chi connectivity index (χ4n) is 1.92. The Kier molecular flexibility index (Phi) is 3.46. The largest absolute Gasteiger partial charge is 0.296 e. The fourth-order valence-corrected chi connectivity index (χ4v) is 1.92. The van der Waals surface area contributed by atoms with Crippen molar-refractivity contribution in [3.63, 3.8) is 0 Å². The van der Waals surface area contributed by atoms with E-state index in [0.717, 1.165) is 23.4 Å². The zero-order valence-corrected chi connectivity index (χ0v) is 10.6. The SMILES string of the molecule is CCC(=CNN1C(=O)c2ccccc2C1=O)CC. The molecule has 0 radical (unpaired) electrons. The zero-order chi connectivity index (χ0) is 13.1. The lowest BCUT2D eigenvalue weighted by Crippen LogP contribution is -2.39. The Hall–Kier alpha value is -2.10. The van der Waals surface area contributed by atoms with Crippen molar-refractivity contribution >= 4 is 11.8 Å². The lowest BCUT2D eigenvalue weighted by atomic mass is 10.1. The zero-order valence-electron chi connectivity index (χ0n) is 10.6. The van der Waals surface area contributed by atoms with Gasteiger partial charge in [-0.3, -0.25) is 15.0 Å². The number of nitrogens with zero attached hydrogens (tertiary/aromatic N) is 1. The molecule has 1 aliphatic heterocycles. The number of hydrogen-bond donors (Lipinski definition) is 1. The van der Waals surface area contributed by atoms with Gasteiger partial charge in [-0.05, 0) is 25.0 Å². The monoisotopic (exact) mass is 244 g/mol. The molecule has 1 aromatic rings. The van der Waals surface area contributed by atoms with Gasteiger partial charge in [0.05, 0.1) is 11.1 Å². The number of fused-ring (bicyclic) bond motifs is 1. The third-order valence-corrected chi connectivity index (χ3v) is 3.10. The summed E-state index contributed by atoms with van der Waals surface area (Å²) in [6.07, 6.45) is 3.53. The van der Waals surface area contributed by atoms with Gasteiger partial charge in [-0.25, -0.2) is 0 Å². The van der Waals surface area contributed by atoms with Gasteiger partial charge in [-0.15, -0.1) is 0 Å². The summed E-state index contributed by atoms with van der Waals surface area (Å²) in [7, 11) is 0. The van der Waals surface area contributed by atoms with Gasteiger partial charge >= 0.3 is 0 Å². The lowest BCUT2D eigenvalue weighted by Gasteiger charge is -2.14. The minimum absolute atomic E-state index is 0.293. The van der Waals surface area contributed by atoms with Crippen LogP contribution < -0.4 is 5.43 Å². The smallest absolute Gasteiger partial charge is 0.280 e. The molecule has 0 saturated carbocycles. The fraction of sp³-hybridized carbons (Fsp3) is 0.286. The Labute approximate surface area is 106 Å². The van der Waals surface area contributed by atoms with Crippen molar-refractivity contribution in [3.8, 4) is 0 Å². The molecule has 18 heavy (non-hydrogen) atoms. The van der Waals surface area contributed by atoms with Crippen molar-refractivity contribution in [2.75, 3.05) is 0 Å². The van der Waals surface area contributed by atoms with Crippen molar-refractivity contribution in [1.82, 2.24) is 10.4 Å². The van der Waals surface area contributed by atoms with E-state index in [-0.39, 0.29) is 11.8 Å². The van der Waals surface area contributed by atoms with Gasteiger partial charge in [0, 0.05) is 6.20 Å². The molecule has 0 aromatic heterocycles. The normalized spacial score (nSPS) is 13.6. The van der Waals surface area contributed by atoms with E-state index in [1.165, 1.54) is 0 Å². The summed E-state index contributed by atoms with van der Waals surface area (Å²) in [5.41, 5.74) is 4.87. The molecule has 2 amide bonds. The summed E-state index contributed by atoms with van der Waals surface area (Å²) in [4.78, 5) is 24.0. The molecule has 0 saturated heterocycles. The Bertz CT molecular complexity index is 479. The molecule has 1 heterocycles. The Morgan fingerprint density at radius 2 is 1.61 bits per heavy atom. The second kappa shape index (κ2) is 5.04. The molecule has 2 rings (SSSR count). The van der Waals surface area contributed by atoms with Gasteiger partial charge in [-0.1, -0.05) is 31.6 Å². The van der Waals surface area contributed by atoms with Gasteiger partial charge in [0.1, 0.15) is 0 Å². The van der Waals surface area contributed by atoms with Crippen LogP contribution in [0.4, 0.5) is 0 Å². The van der Waals surface area contributed by atoms with E-state index in [4.69, 9.17) is 0 Å². The van der Waals surface area contributed by atoms with Crippen molar-refractivity contribution in [1.29, 1.82) is 0 Å². The Morgan fingerprint density at radius 3 is 2.06 bits per heavy atom. The van der Waals surface area contributed by atoms with E-state index >= 15 is 0 Å². The number of amides is 2. The average molecular weight is 244 g/mol. The molecule has 94 valence electrons. The van der Waals surface area contributed by atoms with E-state index < -0.39 is 0 Å². The van der Waals surface area contributed by atoms with Crippen LogP contribution in [0.5, 0.6) is 0 Å². The van der Waals surface area contributed by atoms with Crippen LogP contribution in [0.25, 0.3) is 0 Å². The van der Waals surface area contributed by atoms with Crippen LogP contribution in [-0.2, 0) is 0 Å². The van der Waals surface area contributed by atoms with Crippen LogP contribution in [0.3, 0.4) is 0 Å². The first-order chi connectivity index (χ1) is 8.69. The van der Waals surface area contributed by atoms with E-state index in [1.54, 1.807) is 30.5 Å². The molecule has 0 fully saturated rings. The predicted octanol–water partition coefficient (Wildman–Crippen LogP) is 2.49. The van der Waals surface area contributed by atoms with Crippen LogP contribution in [0.15, 0.2) is 36.0 Å². The Balaban J connectivity index is 2.21. The number of hydrogen-bond acceptors (Lipinski definition) is 3. The highest BCUT2D eigenvalue weighted by molar-refractivity contribution is 6.21. The second-order valence-electron chi connectivity index (χ2n) is 4.13. The highest BCUT2D eigenvalue weighted by Crippen LogP contribution is 2.20. The van der Waals surface area contributed by atoms with Crippen molar-refractivity contribution in [2.24, 2.45) is 0 Å². The second-order valence-corrected chi connectivity index (χ2v) is 4.13. The molecular weight excluding hydrogens is 228 g/mol. The van der Waals surface area contributed by atoms with Gasteiger partial charge in [-0.2, -0.15) is 5.01 Å². The molecular formula is C14H16N2O2. The van der Waals surface area contributed by atoms with E-state index in [2.05, 4.69) is 5.43 Å². The van der Waals surface area contributed by atoms with Crippen LogP contribution >= 0.6 is 0 Å². The summed E-state index contributed by atoms with van der Waals surface area (Å²) < 4.78 is 0. The Morgan fingerprint density at radius 1 is 1.11 bits per heavy atom. The van der Waals surface area contributed by atoms with Crippen molar-refractivity contribution < 1.29 is 9.59 Å². The summed E-state index contributed by atoms with van der Waals surface area (Å²) in [5.74, 6) is -0.586. The first kappa shape index (κ1) is 12.4. The molecule has 1 aromatic carbocycles. The lowest BCUT2D eigenvalue weighted by molar-refractivity contribution is 0.0598. The number of carbonyl (C=O) groups is 2. The van der Waals surface area contributed by atoms with Gasteiger partial charge in [0.25, 0.3) is 11.8 Å². The molecule has 4 heteroatoms. The highest BCUT2D eigenvalue weighted by Gasteiger charge is 2.34. The van der Waals surface area contributed by atoms with E-state index in [9.17, 15) is 9.59 Å². The van der Waals surface area contributed by atoms with Crippen LogP contribution in [0, 0.1) is 0 Å². The number of allylic oxidation sites excluding steroid dienone is 1. The summed E-state index contributed by atoms with van der Waals surface area (Å²) in [6, 6.07) is 6.85. The summed E-state index contributed by atoms with van der Waals surface area (Å²) >= 11 is 0. The third kappa shape index (κ3) is 2.01. The van der Waals surface area contributed by atoms with Gasteiger partial charge in [0.2, 0.25) is 0 Å². The first-order valence-electron chi connectivity index (χ1n) is 6.11. The maximum atomic E-state index is 12.0. The number of nitrogens with one attached hydrogen (secondary N) is 1. The average Bonchev–Trinajstić information content (AvgIpc) is 2.65. The molecule has 0 unspecified atom stereocenters. The van der Waals surface area contributed by atoms with Crippen LogP contribution in [0.1, 0.15) is 47.4 Å². The van der Waals surface area contributed by atoms with E-state index in [1.807, 2.05) is 13.8 Å². The van der Waals surface area contributed by atoms with Gasteiger partial charge in [0.15, 0.2) is 0 Å². The number of rotatable bonds is 4. The van der Waals surface area contributed by atoms with Crippen molar-refractivity contribution in [2.45, 2.75) is 26.7 Å². The summed E-state index contributed by atoms with van der Waals surface area (Å²) in [5, 5.41) is 1.07. The number of imide groups is 1. The minimum Gasteiger partial charge on any atom is -0.296 e. The maximum Gasteiger partial charge on any atom is 0.280 e. The van der Waals surface area contributed by atoms with Crippen LogP contribution in [-0.4, -0.2) is 16.8 Å². The van der Waals surface area contributed by atoms with Gasteiger partial charge < -0.3 is 0 Å². The molecule has 0 spiro atoms. The standard InChI is InChI=1S/C14H16N2O2/c1-3-10(4-2)9-15-16-13(17)11-7-5-6-8-12(11)14(16)18/h5-9,15H,3-4H2,1-2H3. The first-order valence-corrected chi connectivity index (χ1v) is 6.11. The number of hydrazine groups is 1. The molecule has 1 N–H and O–H groups in total. The predicted molar refractivity (Wildman–Crippen MR) is 68.7 cm³/mol. The molecule has 0 atom stereocenters. The number of carbonyl (C=O) groups excluding carboxylic acids is 2. The maximum absolute atomic E-state index is 12.0. The quantitative estimate of drug-likeness (QED) is 0.828. The van der Waals surface area contributed by atoms with E-state index in [0.29, 0.717) is 11.1 Å². The molecule has 4 nitrogen and oxygen atoms in total. The summed E-state index contributed by atoms with van der Waals surface area (Å²) in [6.45, 7) is 4.08. The minimum atomic E-state index is -0.293. The van der Waals surface area contributed by atoms with Crippen molar-refractivity contribution in [3.05, 3.63) is 47.2 Å². The molecule has 1 aliphatic rings. The molecule has 0 aliphatic carbocycles. The molecule has 0 bridgehead atoms.